The fourth-order valence-corrected chi connectivity index (χ4v) is 2.45. The molecule has 0 heterocycles. The van der Waals surface area contributed by atoms with Crippen LogP contribution in [-0.4, -0.2) is 30.5 Å². The Morgan fingerprint density at radius 1 is 1.59 bits per heavy atom. The van der Waals surface area contributed by atoms with Crippen molar-refractivity contribution in [2.75, 3.05) is 19.5 Å². The number of benzene rings is 1. The first-order valence-electron chi connectivity index (χ1n) is 5.08. The fourth-order valence-electron chi connectivity index (χ4n) is 1.24. The number of ether oxygens (including phenoxy) is 1. The lowest BCUT2D eigenvalue weighted by Gasteiger charge is -2.05. The van der Waals surface area contributed by atoms with Crippen molar-refractivity contribution in [2.24, 2.45) is 10.9 Å². The van der Waals surface area contributed by atoms with Crippen LogP contribution >= 0.6 is 23.4 Å². The van der Waals surface area contributed by atoms with Crippen LogP contribution in [0.2, 0.25) is 5.02 Å². The van der Waals surface area contributed by atoms with Crippen molar-refractivity contribution < 1.29 is 9.94 Å². The highest BCUT2D eigenvalue weighted by Crippen LogP contribution is 2.25. The summed E-state index contributed by atoms with van der Waals surface area (Å²) in [6.07, 6.45) is 0.987. The molecule has 0 spiro atoms. The maximum absolute atomic E-state index is 8.57. The van der Waals surface area contributed by atoms with Crippen molar-refractivity contribution in [2.45, 2.75) is 11.3 Å². The van der Waals surface area contributed by atoms with E-state index in [1.54, 1.807) is 24.9 Å². The van der Waals surface area contributed by atoms with Crippen LogP contribution in [0.5, 0.6) is 0 Å². The summed E-state index contributed by atoms with van der Waals surface area (Å²) in [4.78, 5) is 1.06. The lowest BCUT2D eigenvalue weighted by Crippen LogP contribution is -2.13. The molecule has 0 aliphatic heterocycles. The first-order chi connectivity index (χ1) is 8.19. The summed E-state index contributed by atoms with van der Waals surface area (Å²) < 4.78 is 4.97. The molecule has 0 atom stereocenters. The Kier molecular flexibility index (Phi) is 6.18. The van der Waals surface area contributed by atoms with Crippen LogP contribution in [0.3, 0.4) is 0 Å². The molecule has 1 aromatic carbocycles. The lowest BCUT2D eigenvalue weighted by atomic mass is 10.2. The summed E-state index contributed by atoms with van der Waals surface area (Å²) in [6, 6.07) is 5.46. The molecular formula is C11H15ClN2O2S. The molecule has 0 fully saturated rings. The summed E-state index contributed by atoms with van der Waals surface area (Å²) in [5.41, 5.74) is 6.01. The average Bonchev–Trinajstić information content (AvgIpc) is 2.34. The van der Waals surface area contributed by atoms with Crippen molar-refractivity contribution in [3.8, 4) is 0 Å². The molecule has 3 N–H and O–H groups in total. The van der Waals surface area contributed by atoms with Gasteiger partial charge >= 0.3 is 0 Å². The second-order valence-corrected chi connectivity index (χ2v) is 4.90. The molecule has 1 rings (SSSR count). The van der Waals surface area contributed by atoms with E-state index in [4.69, 9.17) is 27.3 Å². The van der Waals surface area contributed by atoms with E-state index in [-0.39, 0.29) is 5.84 Å². The molecular weight excluding hydrogens is 260 g/mol. The van der Waals surface area contributed by atoms with E-state index < -0.39 is 0 Å². The maximum atomic E-state index is 8.57. The highest BCUT2D eigenvalue weighted by atomic mass is 35.5. The third-order valence-corrected chi connectivity index (χ3v) is 3.48. The molecule has 94 valence electrons. The van der Waals surface area contributed by atoms with Gasteiger partial charge in [0.05, 0.1) is 5.02 Å². The molecule has 4 nitrogen and oxygen atoms in total. The lowest BCUT2D eigenvalue weighted by molar-refractivity contribution is 0.200. The zero-order valence-corrected chi connectivity index (χ0v) is 11.1. The molecule has 1 aromatic rings. The number of halogens is 1. The fraction of sp³-hybridized carbons (Fsp3) is 0.364. The number of thioether (sulfide) groups is 1. The Bertz CT molecular complexity index is 399. The summed E-state index contributed by atoms with van der Waals surface area (Å²) >= 11 is 7.73. The number of amidine groups is 1. The topological polar surface area (TPSA) is 67.8 Å². The van der Waals surface area contributed by atoms with Crippen molar-refractivity contribution in [1.29, 1.82) is 0 Å². The van der Waals surface area contributed by atoms with Gasteiger partial charge in [-0.15, -0.1) is 11.8 Å². The molecule has 0 amide bonds. The Morgan fingerprint density at radius 2 is 2.35 bits per heavy atom. The summed E-state index contributed by atoms with van der Waals surface area (Å²) in [5.74, 6) is 0.985. The first-order valence-corrected chi connectivity index (χ1v) is 6.44. The minimum Gasteiger partial charge on any atom is -0.409 e. The van der Waals surface area contributed by atoms with Crippen molar-refractivity contribution >= 4 is 29.2 Å². The predicted molar refractivity (Wildman–Crippen MR) is 71.2 cm³/mol. The van der Waals surface area contributed by atoms with Crippen LogP contribution in [0.4, 0.5) is 0 Å². The predicted octanol–water partition coefficient (Wildman–Crippen LogP) is 2.56. The third kappa shape index (κ3) is 4.46. The van der Waals surface area contributed by atoms with Gasteiger partial charge in [-0.2, -0.15) is 0 Å². The molecule has 0 aromatic heterocycles. The smallest absolute Gasteiger partial charge is 0.171 e. The van der Waals surface area contributed by atoms with Gasteiger partial charge in [-0.25, -0.2) is 0 Å². The number of oxime groups is 1. The molecule has 0 radical (unpaired) electrons. The molecule has 6 heteroatoms. The molecule has 0 unspecified atom stereocenters. The van der Waals surface area contributed by atoms with Gasteiger partial charge in [0.1, 0.15) is 0 Å². The van der Waals surface area contributed by atoms with E-state index in [0.717, 1.165) is 23.7 Å². The van der Waals surface area contributed by atoms with Crippen LogP contribution in [0.25, 0.3) is 0 Å². The summed E-state index contributed by atoms with van der Waals surface area (Å²) in [7, 11) is 1.69. The molecule has 17 heavy (non-hydrogen) atoms. The normalized spacial score (nSPS) is 11.8. The van der Waals surface area contributed by atoms with Crippen LogP contribution < -0.4 is 5.73 Å². The van der Waals surface area contributed by atoms with Crippen LogP contribution in [-0.2, 0) is 4.74 Å². The van der Waals surface area contributed by atoms with E-state index in [2.05, 4.69) is 5.16 Å². The largest absolute Gasteiger partial charge is 0.409 e. The molecule has 0 aliphatic carbocycles. The van der Waals surface area contributed by atoms with E-state index in [0.29, 0.717) is 10.6 Å². The monoisotopic (exact) mass is 274 g/mol. The van der Waals surface area contributed by atoms with Crippen LogP contribution in [0.15, 0.2) is 28.3 Å². The van der Waals surface area contributed by atoms with Gasteiger partial charge in [-0.3, -0.25) is 0 Å². The number of hydrogen-bond donors (Lipinski definition) is 2. The van der Waals surface area contributed by atoms with E-state index >= 15 is 0 Å². The number of methoxy groups -OCH3 is 1. The summed E-state index contributed by atoms with van der Waals surface area (Å²) in [6.45, 7) is 0.753. The van der Waals surface area contributed by atoms with Gasteiger partial charge in [-0.1, -0.05) is 16.8 Å². The van der Waals surface area contributed by atoms with Crippen molar-refractivity contribution in [1.82, 2.24) is 0 Å². The van der Waals surface area contributed by atoms with Gasteiger partial charge < -0.3 is 15.7 Å². The zero-order chi connectivity index (χ0) is 12.7. The number of nitrogens with two attached hydrogens (primary N) is 1. The minimum absolute atomic E-state index is 0.0194. The quantitative estimate of drug-likeness (QED) is 0.209. The molecule has 0 bridgehead atoms. The Morgan fingerprint density at radius 3 is 2.94 bits per heavy atom. The average molecular weight is 275 g/mol. The molecule has 0 saturated carbocycles. The van der Waals surface area contributed by atoms with Gasteiger partial charge in [0.2, 0.25) is 0 Å². The highest BCUT2D eigenvalue weighted by Gasteiger charge is 2.06. The van der Waals surface area contributed by atoms with Crippen molar-refractivity contribution in [3.05, 3.63) is 28.8 Å². The minimum atomic E-state index is 0.0194. The zero-order valence-electron chi connectivity index (χ0n) is 9.52. The highest BCUT2D eigenvalue weighted by molar-refractivity contribution is 7.99. The standard InChI is InChI=1S/C11H15ClN2O2S/c1-16-5-2-6-17-8-3-4-9(10(12)7-8)11(13)14-15/h3-4,7,15H,2,5-6H2,1H3,(H2,13,14). The first kappa shape index (κ1) is 14.2. The van der Waals surface area contributed by atoms with E-state index in [1.165, 1.54) is 0 Å². The Hall–Kier alpha value is -0.910. The van der Waals surface area contributed by atoms with Gasteiger partial charge in [0.15, 0.2) is 5.84 Å². The van der Waals surface area contributed by atoms with Crippen molar-refractivity contribution in [3.63, 3.8) is 0 Å². The van der Waals surface area contributed by atoms with Gasteiger partial charge in [0, 0.05) is 29.9 Å². The third-order valence-electron chi connectivity index (χ3n) is 2.09. The van der Waals surface area contributed by atoms with E-state index in [1.807, 2.05) is 12.1 Å². The van der Waals surface area contributed by atoms with Crippen LogP contribution in [0, 0.1) is 0 Å². The Balaban J connectivity index is 2.63. The Labute approximate surface area is 110 Å². The SMILES string of the molecule is COCCCSc1ccc(C(N)=NO)c(Cl)c1. The molecule has 0 aliphatic rings. The number of rotatable bonds is 6. The number of hydrogen-bond acceptors (Lipinski definition) is 4. The van der Waals surface area contributed by atoms with Gasteiger partial charge in [0.25, 0.3) is 0 Å². The summed E-state index contributed by atoms with van der Waals surface area (Å²) in [5, 5.41) is 12.0. The van der Waals surface area contributed by atoms with E-state index in [9.17, 15) is 0 Å². The second kappa shape index (κ2) is 7.42. The van der Waals surface area contributed by atoms with Crippen LogP contribution in [0.1, 0.15) is 12.0 Å². The van der Waals surface area contributed by atoms with Gasteiger partial charge in [-0.05, 0) is 24.6 Å². The molecule has 0 saturated heterocycles. The second-order valence-electron chi connectivity index (χ2n) is 3.32. The number of nitrogens with zero attached hydrogens (tertiary/aromatic N) is 1. The maximum Gasteiger partial charge on any atom is 0.171 e.